The monoisotopic (exact) mass is 1740 g/mol. The molecule has 5 amide bonds. The number of rotatable bonds is 28. The van der Waals surface area contributed by atoms with Gasteiger partial charge in [0.1, 0.15) is 40.0 Å². The highest BCUT2D eigenvalue weighted by atomic mass is 127. The molecule has 10 rings (SSSR count). The molecule has 2 aliphatic rings. The van der Waals surface area contributed by atoms with Gasteiger partial charge in [-0.05, 0) is 185 Å². The van der Waals surface area contributed by atoms with Crippen molar-refractivity contribution in [2.24, 2.45) is 0 Å². The maximum atomic E-state index is 15.3. The van der Waals surface area contributed by atoms with Crippen LogP contribution >= 0.6 is 67.8 Å². The third-order valence-electron chi connectivity index (χ3n) is 17.3. The zero-order valence-electron chi connectivity index (χ0n) is 53.5. The Bertz CT molecular complexity index is 4880. The Morgan fingerprint density at radius 1 is 0.697 bits per heavy atom. The molecule has 0 radical (unpaired) electrons. The van der Waals surface area contributed by atoms with E-state index < -0.39 is 88.8 Å². The number of nitrogen functional groups attached to an aromatic ring is 1. The van der Waals surface area contributed by atoms with Gasteiger partial charge in [0.05, 0.1) is 53.8 Å². The van der Waals surface area contributed by atoms with Gasteiger partial charge in [0.2, 0.25) is 32.9 Å². The number of amides is 5. The SMILES string of the molecule is Cc1ccc(S(=O)(=O)N(CCCC(=O)CCCCCCC(=O)NC(Cc2cc(I)c(Oc3ccc(O)c(I)c3)c(I)c2)C(=O)O)C(=O)c2c3ccccc3[n+](CCCS(=O)(=O)N3CCN(C(=O)CN4C(=O)c5cc(C)cc6c(N)c(S(=O)(=O)[O-])cc(c56)C4=O)CC3)c3ccccc23)cc1. The molecule has 1 saturated heterocycles. The molecule has 99 heavy (non-hydrogen) atoms. The number of piperazine rings is 1. The molecule has 0 saturated carbocycles. The number of nitrogens with two attached hydrogens (primary N) is 1. The number of nitrogens with zero attached hydrogens (tertiary/aromatic N) is 5. The number of hydrogen-bond donors (Lipinski definition) is 4. The summed E-state index contributed by atoms with van der Waals surface area (Å²) in [4.78, 5) is 96.5. The summed E-state index contributed by atoms with van der Waals surface area (Å²) < 4.78 is 106. The van der Waals surface area contributed by atoms with Gasteiger partial charge in [0.25, 0.3) is 27.7 Å². The first-order valence-electron chi connectivity index (χ1n) is 31.5. The molecular formula is C69H68I3N7O17S3. The zero-order chi connectivity index (χ0) is 71.4. The zero-order valence-corrected chi connectivity index (χ0v) is 62.5. The molecule has 0 spiro atoms. The van der Waals surface area contributed by atoms with Crippen LogP contribution in [0.4, 0.5) is 5.69 Å². The number of aliphatic carboxylic acids is 1. The van der Waals surface area contributed by atoms with E-state index in [0.717, 1.165) is 23.1 Å². The minimum Gasteiger partial charge on any atom is -0.744 e. The van der Waals surface area contributed by atoms with Gasteiger partial charge in [0, 0.05) is 93.3 Å². The lowest BCUT2D eigenvalue weighted by atomic mass is 9.91. The number of aryl methyl sites for hydroxylation is 3. The Labute approximate surface area is 612 Å². The molecule has 24 nitrogen and oxygen atoms in total. The number of ketones is 1. The second-order valence-corrected chi connectivity index (χ2v) is 33.0. The summed E-state index contributed by atoms with van der Waals surface area (Å²) in [6.07, 6.45) is 2.40. The van der Waals surface area contributed by atoms with E-state index >= 15 is 4.79 Å². The maximum absolute atomic E-state index is 15.3. The lowest BCUT2D eigenvalue weighted by Gasteiger charge is -2.35. The van der Waals surface area contributed by atoms with E-state index in [1.807, 2.05) is 27.2 Å². The van der Waals surface area contributed by atoms with E-state index in [0.29, 0.717) is 78.6 Å². The Hall–Kier alpha value is -7.48. The number of fused-ring (bicyclic) bond motifs is 2. The van der Waals surface area contributed by atoms with Crippen LogP contribution in [0.15, 0.2) is 131 Å². The van der Waals surface area contributed by atoms with Crippen molar-refractivity contribution in [2.75, 3.05) is 50.8 Å². The number of phenolic OH excluding ortho intramolecular Hbond substituents is 1. The maximum Gasteiger partial charge on any atom is 0.326 e. The van der Waals surface area contributed by atoms with Gasteiger partial charge in [-0.1, -0.05) is 54.8 Å². The molecular weight excluding hydrogens is 1680 g/mol. The summed E-state index contributed by atoms with van der Waals surface area (Å²) in [5.74, 6) is -4.24. The normalized spacial score (nSPS) is 14.0. The van der Waals surface area contributed by atoms with Crippen LogP contribution in [-0.2, 0) is 62.3 Å². The van der Waals surface area contributed by atoms with Crippen molar-refractivity contribution >= 4 is 177 Å². The van der Waals surface area contributed by atoms with Gasteiger partial charge >= 0.3 is 5.97 Å². The van der Waals surface area contributed by atoms with Crippen molar-refractivity contribution in [3.63, 3.8) is 0 Å². The smallest absolute Gasteiger partial charge is 0.326 e. The fourth-order valence-electron chi connectivity index (χ4n) is 12.3. The van der Waals surface area contributed by atoms with E-state index in [4.69, 9.17) is 10.5 Å². The predicted molar refractivity (Wildman–Crippen MR) is 392 cm³/mol. The van der Waals surface area contributed by atoms with Gasteiger partial charge in [-0.3, -0.25) is 33.7 Å². The quantitative estimate of drug-likeness (QED) is 0.00674. The highest BCUT2D eigenvalue weighted by Crippen LogP contribution is 2.40. The highest BCUT2D eigenvalue weighted by Gasteiger charge is 2.39. The number of carboxylic acid groups (broad SMARTS) is 1. The molecule has 1 atom stereocenters. The van der Waals surface area contributed by atoms with Crippen LogP contribution in [-0.4, -0.2) is 151 Å². The number of aromatic nitrogens is 1. The molecule has 30 heteroatoms. The first-order chi connectivity index (χ1) is 46.9. The van der Waals surface area contributed by atoms with E-state index in [1.54, 1.807) is 98.8 Å². The molecule has 8 aromatic rings. The van der Waals surface area contributed by atoms with Crippen LogP contribution in [0.1, 0.15) is 106 Å². The van der Waals surface area contributed by atoms with Crippen LogP contribution in [0, 0.1) is 24.6 Å². The summed E-state index contributed by atoms with van der Waals surface area (Å²) in [7, 11) is -13.7. The van der Waals surface area contributed by atoms with Gasteiger partial charge < -0.3 is 35.5 Å². The average molecular weight is 1740 g/mol. The summed E-state index contributed by atoms with van der Waals surface area (Å²) in [6, 6.07) is 30.9. The number of imide groups is 1. The van der Waals surface area contributed by atoms with Crippen molar-refractivity contribution in [1.29, 1.82) is 0 Å². The number of anilines is 1. The van der Waals surface area contributed by atoms with Crippen molar-refractivity contribution in [3.8, 4) is 17.2 Å². The fourth-order valence-corrected chi connectivity index (χ4v) is 18.5. The first-order valence-corrected chi connectivity index (χ1v) is 39.2. The lowest BCUT2D eigenvalue weighted by molar-refractivity contribution is -0.645. The van der Waals surface area contributed by atoms with Crippen LogP contribution in [0.3, 0.4) is 0 Å². The van der Waals surface area contributed by atoms with E-state index in [-0.39, 0.29) is 127 Å². The van der Waals surface area contributed by atoms with Gasteiger partial charge in [-0.2, -0.15) is 8.87 Å². The molecule has 1 unspecified atom stereocenters. The van der Waals surface area contributed by atoms with Crippen LogP contribution in [0.5, 0.6) is 17.2 Å². The largest absolute Gasteiger partial charge is 0.744 e. The highest BCUT2D eigenvalue weighted by molar-refractivity contribution is 14.1. The molecule has 0 aliphatic carbocycles. The van der Waals surface area contributed by atoms with Crippen molar-refractivity contribution in [2.45, 2.75) is 100 Å². The predicted octanol–water partition coefficient (Wildman–Crippen LogP) is 9.34. The summed E-state index contributed by atoms with van der Waals surface area (Å²) in [5.41, 5.74) is 8.39. The number of hydrogen-bond acceptors (Lipinski definition) is 17. The number of halogens is 3. The van der Waals surface area contributed by atoms with Crippen LogP contribution in [0.2, 0.25) is 0 Å². The van der Waals surface area contributed by atoms with Crippen LogP contribution in [0.25, 0.3) is 32.6 Å². The van der Waals surface area contributed by atoms with Gasteiger partial charge in [-0.15, -0.1) is 0 Å². The number of phenols is 1. The third kappa shape index (κ3) is 16.8. The second-order valence-electron chi connectivity index (χ2n) is 24.3. The van der Waals surface area contributed by atoms with Gasteiger partial charge in [-0.25, -0.2) is 34.4 Å². The number of Topliss-reactive ketones (excluding diaryl/α,β-unsaturated/α-hetero) is 1. The van der Waals surface area contributed by atoms with Crippen molar-refractivity contribution in [3.05, 3.63) is 165 Å². The minimum absolute atomic E-state index is 0.00538. The number of benzene rings is 7. The fraction of sp³-hybridized carbons (Fsp3) is 0.304. The number of aromatic hydroxyl groups is 1. The number of pyridine rings is 1. The molecule has 1 fully saturated rings. The van der Waals surface area contributed by atoms with E-state index in [1.165, 1.54) is 39.5 Å². The summed E-state index contributed by atoms with van der Waals surface area (Å²) in [5, 5.41) is 23.4. The van der Waals surface area contributed by atoms with E-state index in [9.17, 15) is 68.8 Å². The standard InChI is InChI=1S/C69H68I3N7O17S3/c1-41-20-23-46(24-21-41)98(91,92)79(27-11-14-44(80)13-5-3-4-6-19-60(82)74-55(69(87)88)37-43-35-53(71)65(54(72)36-43)96-45-22-25-58(81)52(70)38-45)68(86)63-47-15-7-9-17-56(47)77(57-18-10-8-16-48(57)63)26-12-32-97(89,90)76-30-28-75(29-31-76)61(83)40-78-66(84)50-34-42(2)33-49-62(50)51(67(78)85)39-59(64(49)73)99(93,94)95/h7-10,15-18,20-25,33-36,38-39,55H,3-6,11-14,19,26-32,37,40H2,1-2H3,(H5-,73,74,81,82,84,85,87,88,93,94,95). The van der Waals surface area contributed by atoms with Crippen molar-refractivity contribution < 1.29 is 82.9 Å². The molecule has 520 valence electrons. The summed E-state index contributed by atoms with van der Waals surface area (Å²) >= 11 is 6.21. The van der Waals surface area contributed by atoms with E-state index in [2.05, 4.69) is 50.5 Å². The molecule has 1 aromatic heterocycles. The number of ether oxygens (including phenoxy) is 1. The molecule has 5 N–H and O–H groups in total. The molecule has 7 aromatic carbocycles. The number of unbranched alkanes of at least 4 members (excludes halogenated alkanes) is 3. The molecule has 2 aliphatic heterocycles. The Kier molecular flexibility index (Phi) is 23.4. The first kappa shape index (κ1) is 74.2. The number of carbonyl (C=O) groups excluding carboxylic acids is 6. The minimum atomic E-state index is -5.16. The van der Waals surface area contributed by atoms with Gasteiger partial charge in [0.15, 0.2) is 12.3 Å². The lowest BCUT2D eigenvalue weighted by Crippen LogP contribution is -2.54. The number of carboxylic acids is 1. The number of para-hydroxylation sites is 2. The third-order valence-corrected chi connectivity index (χ3v) is 24.4. The second kappa shape index (κ2) is 31.2. The number of sulfonamides is 2. The van der Waals surface area contributed by atoms with Crippen molar-refractivity contribution in [1.82, 2.24) is 23.7 Å². The number of carbonyl (C=O) groups is 7. The topological polar surface area (TPSA) is 350 Å². The Morgan fingerprint density at radius 3 is 1.90 bits per heavy atom. The average Bonchev–Trinajstić information content (AvgIpc) is 0.725. The molecule has 3 heterocycles. The Balaban J connectivity index is 0.738. The number of nitrogens with one attached hydrogen (secondary N) is 1. The van der Waals surface area contributed by atoms with Crippen LogP contribution < -0.4 is 20.4 Å². The Morgan fingerprint density at radius 2 is 1.29 bits per heavy atom. The summed E-state index contributed by atoms with van der Waals surface area (Å²) in [6.45, 7) is 2.03. The molecule has 0 bridgehead atoms.